The van der Waals surface area contributed by atoms with E-state index in [9.17, 15) is 22.8 Å². The van der Waals surface area contributed by atoms with Gasteiger partial charge in [-0.15, -0.1) is 5.10 Å². The molecule has 0 fully saturated rings. The van der Waals surface area contributed by atoms with E-state index >= 15 is 0 Å². The SMILES string of the molecule is COC(=O)c1cnn(-c2ccc3c4c(cnnc24)C(=O)N3Cc2ccc(OC)cc2)c1C(F)(F)F. The number of carbonyl (C=O) groups is 2. The molecule has 0 aliphatic carbocycles. The van der Waals surface area contributed by atoms with Gasteiger partial charge in [0.25, 0.3) is 5.91 Å². The number of nitrogens with zero attached hydrogens (tertiary/aromatic N) is 5. The number of hydrogen-bond acceptors (Lipinski definition) is 7. The van der Waals surface area contributed by atoms with Crippen molar-refractivity contribution in [2.45, 2.75) is 12.7 Å². The molecular weight excluding hydrogens is 467 g/mol. The van der Waals surface area contributed by atoms with Crippen LogP contribution in [0.1, 0.15) is 32.0 Å². The molecule has 0 unspecified atom stereocenters. The van der Waals surface area contributed by atoms with Gasteiger partial charge in [-0.3, -0.25) is 4.79 Å². The second-order valence-corrected chi connectivity index (χ2v) is 7.63. The number of hydrogen-bond donors (Lipinski definition) is 0. The van der Waals surface area contributed by atoms with Gasteiger partial charge in [-0.25, -0.2) is 9.48 Å². The first-order valence-corrected chi connectivity index (χ1v) is 10.2. The predicted octanol–water partition coefficient (Wildman–Crippen LogP) is 3.79. The number of aromatic nitrogens is 4. The highest BCUT2D eigenvalue weighted by atomic mass is 19.4. The maximum absolute atomic E-state index is 13.9. The van der Waals surface area contributed by atoms with E-state index in [1.807, 2.05) is 12.1 Å². The molecule has 1 amide bonds. The quantitative estimate of drug-likeness (QED) is 0.398. The van der Waals surface area contributed by atoms with Gasteiger partial charge in [0.2, 0.25) is 0 Å². The van der Waals surface area contributed by atoms with Gasteiger partial charge in [-0.05, 0) is 29.8 Å². The number of carbonyl (C=O) groups excluding carboxylic acids is 2. The Morgan fingerprint density at radius 2 is 1.74 bits per heavy atom. The fourth-order valence-electron chi connectivity index (χ4n) is 4.09. The molecule has 35 heavy (non-hydrogen) atoms. The zero-order valence-electron chi connectivity index (χ0n) is 18.3. The molecule has 1 aliphatic rings. The Bertz CT molecular complexity index is 1480. The summed E-state index contributed by atoms with van der Waals surface area (Å²) < 4.78 is 52.0. The first-order valence-electron chi connectivity index (χ1n) is 10.2. The van der Waals surface area contributed by atoms with Crippen LogP contribution in [0.5, 0.6) is 5.75 Å². The molecule has 0 atom stereocenters. The molecule has 2 aromatic carbocycles. The molecule has 0 saturated heterocycles. The number of methoxy groups -OCH3 is 2. The molecule has 2 aromatic heterocycles. The minimum absolute atomic E-state index is 0.0376. The summed E-state index contributed by atoms with van der Waals surface area (Å²) in [5.41, 5.74) is -0.605. The van der Waals surface area contributed by atoms with Crippen LogP contribution in [0, 0.1) is 0 Å². The number of halogens is 3. The molecule has 9 nitrogen and oxygen atoms in total. The standard InChI is InChI=1S/C23H16F3N5O4/c1-34-13-5-3-12(4-6-13)11-30-16-7-8-17(19-18(16)14(21(30)32)9-27-29-19)31-20(23(24,25)26)15(10-28-31)22(33)35-2/h3-10H,11H2,1-2H3. The third-order valence-electron chi connectivity index (χ3n) is 5.69. The lowest BCUT2D eigenvalue weighted by molar-refractivity contribution is -0.143. The molecule has 12 heteroatoms. The summed E-state index contributed by atoms with van der Waals surface area (Å²) >= 11 is 0. The van der Waals surface area contributed by atoms with Crippen molar-refractivity contribution in [2.75, 3.05) is 19.1 Å². The van der Waals surface area contributed by atoms with Gasteiger partial charge in [0, 0.05) is 5.39 Å². The van der Waals surface area contributed by atoms with E-state index in [-0.39, 0.29) is 29.2 Å². The monoisotopic (exact) mass is 483 g/mol. The van der Waals surface area contributed by atoms with Crippen molar-refractivity contribution in [1.82, 2.24) is 20.0 Å². The van der Waals surface area contributed by atoms with Gasteiger partial charge in [0.05, 0.1) is 50.1 Å². The summed E-state index contributed by atoms with van der Waals surface area (Å²) in [6.45, 7) is 0.216. The summed E-state index contributed by atoms with van der Waals surface area (Å²) in [5, 5.41) is 12.0. The van der Waals surface area contributed by atoms with Crippen molar-refractivity contribution in [3.05, 3.63) is 71.2 Å². The molecule has 1 aliphatic heterocycles. The second-order valence-electron chi connectivity index (χ2n) is 7.63. The lowest BCUT2D eigenvalue weighted by atomic mass is 10.1. The number of benzene rings is 2. The Kier molecular flexibility index (Phi) is 5.15. The van der Waals surface area contributed by atoms with Crippen LogP contribution in [0.4, 0.5) is 18.9 Å². The van der Waals surface area contributed by atoms with Crippen molar-refractivity contribution < 1.29 is 32.2 Å². The maximum Gasteiger partial charge on any atom is 0.434 e. The summed E-state index contributed by atoms with van der Waals surface area (Å²) in [7, 11) is 2.53. The van der Waals surface area contributed by atoms with Crippen LogP contribution in [0.2, 0.25) is 0 Å². The lowest BCUT2D eigenvalue weighted by Crippen LogP contribution is -2.26. The van der Waals surface area contributed by atoms with Gasteiger partial charge >= 0.3 is 12.1 Å². The first-order chi connectivity index (χ1) is 16.7. The van der Waals surface area contributed by atoms with Crippen molar-refractivity contribution >= 4 is 28.5 Å². The number of esters is 1. The van der Waals surface area contributed by atoms with E-state index in [2.05, 4.69) is 20.0 Å². The summed E-state index contributed by atoms with van der Waals surface area (Å²) in [6, 6.07) is 10.0. The number of amides is 1. The number of alkyl halides is 3. The Morgan fingerprint density at radius 3 is 2.40 bits per heavy atom. The van der Waals surface area contributed by atoms with Crippen LogP contribution in [-0.4, -0.2) is 46.1 Å². The van der Waals surface area contributed by atoms with Crippen LogP contribution in [0.25, 0.3) is 16.6 Å². The Morgan fingerprint density at radius 1 is 1.03 bits per heavy atom. The normalized spacial score (nSPS) is 12.9. The molecule has 5 rings (SSSR count). The van der Waals surface area contributed by atoms with E-state index in [1.165, 1.54) is 23.2 Å². The Labute approximate surface area is 195 Å². The molecule has 4 aromatic rings. The Hall–Kier alpha value is -4.48. The number of anilines is 1. The molecule has 3 heterocycles. The second kappa shape index (κ2) is 8.08. The van der Waals surface area contributed by atoms with Crippen LogP contribution >= 0.6 is 0 Å². The molecule has 0 spiro atoms. The van der Waals surface area contributed by atoms with Gasteiger partial charge in [-0.2, -0.15) is 23.4 Å². The summed E-state index contributed by atoms with van der Waals surface area (Å²) in [4.78, 5) is 26.6. The van der Waals surface area contributed by atoms with Crippen molar-refractivity contribution in [1.29, 1.82) is 0 Å². The summed E-state index contributed by atoms with van der Waals surface area (Å²) in [5.74, 6) is -0.878. The van der Waals surface area contributed by atoms with Crippen LogP contribution in [0.15, 0.2) is 48.8 Å². The van der Waals surface area contributed by atoms with Crippen LogP contribution in [0.3, 0.4) is 0 Å². The van der Waals surface area contributed by atoms with Gasteiger partial charge in [0.15, 0.2) is 5.69 Å². The molecular formula is C23H16F3N5O4. The molecule has 0 N–H and O–H groups in total. The largest absolute Gasteiger partial charge is 0.497 e. The van der Waals surface area contributed by atoms with Crippen molar-refractivity contribution in [3.63, 3.8) is 0 Å². The van der Waals surface area contributed by atoms with Crippen LogP contribution < -0.4 is 9.64 Å². The lowest BCUT2D eigenvalue weighted by Gasteiger charge is -2.18. The zero-order chi connectivity index (χ0) is 24.9. The average Bonchev–Trinajstić information content (AvgIpc) is 3.41. The van der Waals surface area contributed by atoms with Gasteiger partial charge in [-0.1, -0.05) is 12.1 Å². The predicted molar refractivity (Wildman–Crippen MR) is 117 cm³/mol. The average molecular weight is 483 g/mol. The van der Waals surface area contributed by atoms with E-state index in [4.69, 9.17) is 4.74 Å². The topological polar surface area (TPSA) is 99.4 Å². The molecule has 0 bridgehead atoms. The van der Waals surface area contributed by atoms with Crippen molar-refractivity contribution in [3.8, 4) is 11.4 Å². The smallest absolute Gasteiger partial charge is 0.434 e. The van der Waals surface area contributed by atoms with Crippen LogP contribution in [-0.2, 0) is 17.5 Å². The van der Waals surface area contributed by atoms with E-state index in [1.54, 1.807) is 19.2 Å². The summed E-state index contributed by atoms with van der Waals surface area (Å²) in [6.07, 6.45) is -2.86. The highest BCUT2D eigenvalue weighted by Crippen LogP contribution is 2.41. The fraction of sp³-hybridized carbons (Fsp3) is 0.174. The third kappa shape index (κ3) is 3.54. The fourth-order valence-corrected chi connectivity index (χ4v) is 4.09. The minimum Gasteiger partial charge on any atom is -0.497 e. The highest BCUT2D eigenvalue weighted by Gasteiger charge is 2.42. The highest BCUT2D eigenvalue weighted by molar-refractivity contribution is 6.25. The Balaban J connectivity index is 1.65. The zero-order valence-corrected chi connectivity index (χ0v) is 18.3. The maximum atomic E-state index is 13.9. The van der Waals surface area contributed by atoms with E-state index < -0.39 is 23.4 Å². The van der Waals surface area contributed by atoms with E-state index in [0.717, 1.165) is 18.9 Å². The van der Waals surface area contributed by atoms with Gasteiger partial charge < -0.3 is 14.4 Å². The molecule has 0 saturated carbocycles. The molecule has 0 radical (unpaired) electrons. The minimum atomic E-state index is -4.92. The molecule has 178 valence electrons. The van der Waals surface area contributed by atoms with E-state index in [0.29, 0.717) is 21.5 Å². The van der Waals surface area contributed by atoms with Gasteiger partial charge in [0.1, 0.15) is 16.8 Å². The number of ether oxygens (including phenoxy) is 2. The third-order valence-corrected chi connectivity index (χ3v) is 5.69. The number of rotatable bonds is 5. The van der Waals surface area contributed by atoms with Crippen molar-refractivity contribution in [2.24, 2.45) is 0 Å². The first kappa shape index (κ1) is 22.3.